The van der Waals surface area contributed by atoms with E-state index in [0.717, 1.165) is 45.4 Å². The molecule has 226 valence electrons. The van der Waals surface area contributed by atoms with Gasteiger partial charge in [0.15, 0.2) is 5.82 Å². The molecule has 1 atom stereocenters. The monoisotopic (exact) mass is 599 g/mol. The molecular formula is C31H31F2N9O2. The van der Waals surface area contributed by atoms with E-state index in [0.29, 0.717) is 42.8 Å². The maximum absolute atomic E-state index is 16.6. The number of benzene rings is 2. The van der Waals surface area contributed by atoms with Gasteiger partial charge in [0, 0.05) is 60.8 Å². The van der Waals surface area contributed by atoms with Crippen LogP contribution in [0.3, 0.4) is 0 Å². The number of azide groups is 1. The minimum absolute atomic E-state index is 0.00123. The number of nitrogens with one attached hydrogen (secondary N) is 1. The molecule has 0 spiro atoms. The zero-order valence-electron chi connectivity index (χ0n) is 24.0. The fourth-order valence-electron chi connectivity index (χ4n) is 6.08. The van der Waals surface area contributed by atoms with E-state index in [9.17, 15) is 9.50 Å². The molecule has 0 radical (unpaired) electrons. The molecule has 2 aliphatic rings. The molecule has 0 aliphatic carbocycles. The summed E-state index contributed by atoms with van der Waals surface area (Å²) < 4.78 is 37.4. The Hall–Kier alpha value is -4.76. The molecule has 44 heavy (non-hydrogen) atoms. The van der Waals surface area contributed by atoms with E-state index in [1.165, 1.54) is 30.5 Å². The van der Waals surface area contributed by atoms with E-state index in [1.54, 1.807) is 0 Å². The second-order valence-electron chi connectivity index (χ2n) is 10.9. The molecule has 2 aromatic carbocycles. The number of phenols is 1. The Morgan fingerprint density at radius 3 is 2.84 bits per heavy atom. The average Bonchev–Trinajstić information content (AvgIpc) is 3.49. The number of hydrogen-bond acceptors (Lipinski definition) is 9. The van der Waals surface area contributed by atoms with E-state index in [-0.39, 0.29) is 45.5 Å². The molecular weight excluding hydrogens is 568 g/mol. The van der Waals surface area contributed by atoms with Gasteiger partial charge in [-0.25, -0.2) is 8.78 Å². The number of nitrogens with zero attached hydrogens (tertiary/aromatic N) is 8. The first kappa shape index (κ1) is 29.3. The molecule has 4 heterocycles. The number of phenolic OH excluding ortho intramolecular Hbond substituents is 1. The van der Waals surface area contributed by atoms with Crippen molar-refractivity contribution in [3.63, 3.8) is 0 Å². The zero-order valence-corrected chi connectivity index (χ0v) is 24.0. The van der Waals surface area contributed by atoms with Gasteiger partial charge in [0.2, 0.25) is 0 Å². The van der Waals surface area contributed by atoms with E-state index >= 15 is 4.39 Å². The number of anilines is 1. The van der Waals surface area contributed by atoms with Crippen molar-refractivity contribution in [1.82, 2.24) is 25.2 Å². The highest BCUT2D eigenvalue weighted by Crippen LogP contribution is 2.38. The van der Waals surface area contributed by atoms with Gasteiger partial charge in [0.1, 0.15) is 35.2 Å². The van der Waals surface area contributed by atoms with Gasteiger partial charge in [-0.2, -0.15) is 9.97 Å². The lowest BCUT2D eigenvalue weighted by molar-refractivity contribution is 0.164. The Morgan fingerprint density at radius 1 is 1.20 bits per heavy atom. The van der Waals surface area contributed by atoms with Crippen molar-refractivity contribution < 1.29 is 18.6 Å². The van der Waals surface area contributed by atoms with Gasteiger partial charge in [-0.05, 0) is 61.5 Å². The third-order valence-electron chi connectivity index (χ3n) is 8.18. The van der Waals surface area contributed by atoms with Crippen LogP contribution in [0.4, 0.5) is 14.6 Å². The number of fused-ring (bicyclic) bond motifs is 2. The normalized spacial score (nSPS) is 17.1. The quantitative estimate of drug-likeness (QED) is 0.0924. The molecule has 0 saturated carbocycles. The molecule has 13 heteroatoms. The Bertz CT molecular complexity index is 1800. The molecule has 2 aliphatic heterocycles. The largest absolute Gasteiger partial charge is 0.508 e. The minimum atomic E-state index is -0.759. The summed E-state index contributed by atoms with van der Waals surface area (Å²) in [7, 11) is 0. The van der Waals surface area contributed by atoms with Crippen molar-refractivity contribution in [3.05, 3.63) is 58.1 Å². The summed E-state index contributed by atoms with van der Waals surface area (Å²) in [5.74, 6) is 1.34. The molecule has 0 unspecified atom stereocenters. The number of ether oxygens (including phenoxy) is 1. The van der Waals surface area contributed by atoms with E-state index in [2.05, 4.69) is 36.1 Å². The predicted octanol–water partition coefficient (Wildman–Crippen LogP) is 4.76. The van der Waals surface area contributed by atoms with Crippen LogP contribution < -0.4 is 15.0 Å². The Morgan fingerprint density at radius 2 is 2.05 bits per heavy atom. The number of aromatic hydroxyl groups is 1. The molecule has 0 amide bonds. The zero-order chi connectivity index (χ0) is 30.6. The van der Waals surface area contributed by atoms with Crippen LogP contribution in [0.15, 0.2) is 35.6 Å². The number of halogens is 2. The first-order valence-electron chi connectivity index (χ1n) is 14.6. The van der Waals surface area contributed by atoms with Crippen LogP contribution in [0.5, 0.6) is 11.8 Å². The van der Waals surface area contributed by atoms with Gasteiger partial charge in [0.25, 0.3) is 0 Å². The van der Waals surface area contributed by atoms with Gasteiger partial charge in [-0.15, -0.1) is 6.42 Å². The SMILES string of the molecule is C#Cc1c(F)ccc2cc(O)cc(-c3ncc4c(N5CCNCC5)nc(OC[C@@H]5CCCN5CCCN=[N+]=[N-])nc4c3F)c12. The molecule has 2 N–H and O–H groups in total. The molecule has 2 aromatic heterocycles. The Kier molecular flexibility index (Phi) is 8.56. The summed E-state index contributed by atoms with van der Waals surface area (Å²) in [4.78, 5) is 20.8. The van der Waals surface area contributed by atoms with E-state index in [4.69, 9.17) is 21.7 Å². The first-order valence-corrected chi connectivity index (χ1v) is 14.6. The third kappa shape index (κ3) is 5.75. The number of hydrogen-bond donors (Lipinski definition) is 2. The van der Waals surface area contributed by atoms with Crippen molar-refractivity contribution in [2.24, 2.45) is 5.11 Å². The van der Waals surface area contributed by atoms with Gasteiger partial charge < -0.3 is 20.1 Å². The number of piperazine rings is 1. The van der Waals surface area contributed by atoms with Crippen LogP contribution in [0.2, 0.25) is 0 Å². The van der Waals surface area contributed by atoms with Crippen LogP contribution >= 0.6 is 0 Å². The maximum Gasteiger partial charge on any atom is 0.319 e. The third-order valence-corrected chi connectivity index (χ3v) is 8.18. The van der Waals surface area contributed by atoms with Gasteiger partial charge in [-0.1, -0.05) is 17.1 Å². The first-order chi connectivity index (χ1) is 21.5. The lowest BCUT2D eigenvalue weighted by Crippen LogP contribution is -2.44. The number of pyridine rings is 1. The van der Waals surface area contributed by atoms with Crippen LogP contribution in [0.1, 0.15) is 24.8 Å². The Balaban J connectivity index is 1.41. The van der Waals surface area contributed by atoms with Crippen LogP contribution in [0, 0.1) is 24.0 Å². The molecule has 6 rings (SSSR count). The number of rotatable bonds is 9. The van der Waals surface area contributed by atoms with Crippen molar-refractivity contribution >= 4 is 27.5 Å². The fourth-order valence-corrected chi connectivity index (χ4v) is 6.08. The summed E-state index contributed by atoms with van der Waals surface area (Å²) in [6.45, 7) is 5.21. The smallest absolute Gasteiger partial charge is 0.319 e. The van der Waals surface area contributed by atoms with Crippen LogP contribution in [0.25, 0.3) is 43.4 Å². The lowest BCUT2D eigenvalue weighted by atomic mass is 9.96. The van der Waals surface area contributed by atoms with Crippen LogP contribution in [-0.2, 0) is 0 Å². The van der Waals surface area contributed by atoms with E-state index in [1.807, 2.05) is 4.90 Å². The van der Waals surface area contributed by atoms with Crippen molar-refractivity contribution in [3.8, 4) is 35.4 Å². The highest BCUT2D eigenvalue weighted by Gasteiger charge is 2.27. The molecule has 11 nitrogen and oxygen atoms in total. The summed E-state index contributed by atoms with van der Waals surface area (Å²) in [6, 6.07) is 5.63. The maximum atomic E-state index is 16.6. The average molecular weight is 600 g/mol. The van der Waals surface area contributed by atoms with Crippen molar-refractivity contribution in [2.75, 3.05) is 57.3 Å². The van der Waals surface area contributed by atoms with Gasteiger partial charge in [-0.3, -0.25) is 9.88 Å². The highest BCUT2D eigenvalue weighted by atomic mass is 19.1. The molecule has 2 fully saturated rings. The Labute approximate surface area is 252 Å². The summed E-state index contributed by atoms with van der Waals surface area (Å²) in [5, 5.41) is 18.5. The summed E-state index contributed by atoms with van der Waals surface area (Å²) in [6.07, 6.45) is 9.85. The molecule has 4 aromatic rings. The van der Waals surface area contributed by atoms with Gasteiger partial charge in [0.05, 0.1) is 10.9 Å². The minimum Gasteiger partial charge on any atom is -0.508 e. The van der Waals surface area contributed by atoms with Crippen molar-refractivity contribution in [1.29, 1.82) is 0 Å². The second kappa shape index (κ2) is 12.9. The fraction of sp³-hybridized carbons (Fsp3) is 0.387. The summed E-state index contributed by atoms with van der Waals surface area (Å²) >= 11 is 0. The molecule has 2 saturated heterocycles. The predicted molar refractivity (Wildman–Crippen MR) is 164 cm³/mol. The number of terminal acetylenes is 1. The lowest BCUT2D eigenvalue weighted by Gasteiger charge is -2.29. The van der Waals surface area contributed by atoms with Gasteiger partial charge >= 0.3 is 6.01 Å². The number of aromatic nitrogens is 3. The summed E-state index contributed by atoms with van der Waals surface area (Å²) in [5.41, 5.74) is 8.52. The van der Waals surface area contributed by atoms with Crippen LogP contribution in [-0.4, -0.2) is 83.4 Å². The number of likely N-dealkylation sites (tertiary alicyclic amines) is 1. The van der Waals surface area contributed by atoms with E-state index < -0.39 is 11.6 Å². The second-order valence-corrected chi connectivity index (χ2v) is 10.9. The highest BCUT2D eigenvalue weighted by molar-refractivity contribution is 6.03. The molecule has 0 bridgehead atoms. The van der Waals surface area contributed by atoms with Crippen molar-refractivity contribution in [2.45, 2.75) is 25.3 Å². The topological polar surface area (TPSA) is 135 Å². The standard InChI is InChI=1S/C31H31F2N9O2/c1-2-22-25(32)7-6-19-15-21(43)16-23(26(19)22)28-27(33)29-24(17-36-28)30(42-13-9-35-10-14-42)39-31(38-29)44-18-20-5-3-11-41(20)12-4-8-37-40-34/h1,6-7,15-17,20,35,43H,3-5,8-14,18H2/t20-/m0/s1.